The molecule has 3 rings (SSSR count). The smallest absolute Gasteiger partial charge is 0.397 e. The lowest BCUT2D eigenvalue weighted by Crippen LogP contribution is -2.19. The van der Waals surface area contributed by atoms with Crippen LogP contribution >= 0.6 is 0 Å². The minimum atomic E-state index is -0.566. The van der Waals surface area contributed by atoms with Gasteiger partial charge < -0.3 is 9.26 Å². The number of hydrogen-bond donors (Lipinski definition) is 0. The summed E-state index contributed by atoms with van der Waals surface area (Å²) in [5, 5.41) is 3.85. The maximum Gasteiger partial charge on any atom is 0.397 e. The van der Waals surface area contributed by atoms with Crippen LogP contribution in [-0.4, -0.2) is 22.7 Å². The van der Waals surface area contributed by atoms with Gasteiger partial charge in [-0.2, -0.15) is 4.98 Å². The molecule has 0 amide bonds. The van der Waals surface area contributed by atoms with Gasteiger partial charge in [0.1, 0.15) is 0 Å². The standard InChI is InChI=1S/C13H12N2O3/c1-2-17-13(16)12-14-11(15-18-12)10-7-8-5-3-4-6-9(8)10/h3-6,10H,2,7H2,1H3. The zero-order chi connectivity index (χ0) is 12.5. The van der Waals surface area contributed by atoms with E-state index in [9.17, 15) is 4.79 Å². The van der Waals surface area contributed by atoms with Crippen molar-refractivity contribution < 1.29 is 14.1 Å². The van der Waals surface area contributed by atoms with Crippen molar-refractivity contribution in [3.8, 4) is 0 Å². The lowest BCUT2D eigenvalue weighted by Gasteiger charge is -2.26. The van der Waals surface area contributed by atoms with Gasteiger partial charge in [0.2, 0.25) is 0 Å². The van der Waals surface area contributed by atoms with Gasteiger partial charge in [-0.1, -0.05) is 29.4 Å². The van der Waals surface area contributed by atoms with Gasteiger partial charge >= 0.3 is 11.9 Å². The number of aromatic nitrogens is 2. The Morgan fingerprint density at radius 1 is 1.50 bits per heavy atom. The molecule has 0 N–H and O–H groups in total. The van der Waals surface area contributed by atoms with Crippen LogP contribution in [-0.2, 0) is 11.2 Å². The van der Waals surface area contributed by atoms with E-state index in [2.05, 4.69) is 16.2 Å². The minimum absolute atomic E-state index is 0.0729. The van der Waals surface area contributed by atoms with E-state index >= 15 is 0 Å². The molecule has 5 nitrogen and oxygen atoms in total. The predicted molar refractivity (Wildman–Crippen MR) is 62.2 cm³/mol. The predicted octanol–water partition coefficient (Wildman–Crippen LogP) is 1.93. The van der Waals surface area contributed by atoms with E-state index < -0.39 is 5.97 Å². The molecule has 0 saturated heterocycles. The molecule has 1 unspecified atom stereocenters. The Labute approximate surface area is 104 Å². The Balaban J connectivity index is 1.82. The number of carbonyl (C=O) groups is 1. The summed E-state index contributed by atoms with van der Waals surface area (Å²) in [5.41, 5.74) is 2.50. The van der Waals surface area contributed by atoms with Crippen LogP contribution < -0.4 is 0 Å². The summed E-state index contributed by atoms with van der Waals surface area (Å²) in [7, 11) is 0. The number of benzene rings is 1. The molecule has 1 aliphatic rings. The van der Waals surface area contributed by atoms with Gasteiger partial charge in [-0.25, -0.2) is 4.79 Å². The number of nitrogens with zero attached hydrogens (tertiary/aromatic N) is 2. The second-order valence-electron chi connectivity index (χ2n) is 4.13. The van der Waals surface area contributed by atoms with Crippen molar-refractivity contribution >= 4 is 5.97 Å². The molecule has 0 saturated carbocycles. The zero-order valence-corrected chi connectivity index (χ0v) is 9.92. The van der Waals surface area contributed by atoms with Crippen molar-refractivity contribution in [2.45, 2.75) is 19.3 Å². The van der Waals surface area contributed by atoms with Crippen LogP contribution in [0.2, 0.25) is 0 Å². The van der Waals surface area contributed by atoms with Gasteiger partial charge in [-0.3, -0.25) is 0 Å². The fourth-order valence-corrected chi connectivity index (χ4v) is 2.14. The van der Waals surface area contributed by atoms with Gasteiger partial charge in [-0.05, 0) is 24.5 Å². The lowest BCUT2D eigenvalue weighted by molar-refractivity contribution is 0.0470. The van der Waals surface area contributed by atoms with Crippen molar-refractivity contribution in [2.24, 2.45) is 0 Å². The van der Waals surface area contributed by atoms with Crippen molar-refractivity contribution in [1.82, 2.24) is 10.1 Å². The highest BCUT2D eigenvalue weighted by Crippen LogP contribution is 2.38. The first-order valence-corrected chi connectivity index (χ1v) is 5.88. The Kier molecular flexibility index (Phi) is 2.59. The van der Waals surface area contributed by atoms with E-state index in [1.54, 1.807) is 6.92 Å². The second-order valence-corrected chi connectivity index (χ2v) is 4.13. The molecule has 0 bridgehead atoms. The third kappa shape index (κ3) is 1.68. The topological polar surface area (TPSA) is 65.2 Å². The average molecular weight is 244 g/mol. The fourth-order valence-electron chi connectivity index (χ4n) is 2.14. The van der Waals surface area contributed by atoms with Gasteiger partial charge in [0, 0.05) is 0 Å². The van der Waals surface area contributed by atoms with Crippen LogP contribution in [0.15, 0.2) is 28.8 Å². The summed E-state index contributed by atoms with van der Waals surface area (Å²) < 4.78 is 9.72. The third-order valence-electron chi connectivity index (χ3n) is 3.06. The van der Waals surface area contributed by atoms with E-state index in [4.69, 9.17) is 9.26 Å². The number of carbonyl (C=O) groups excluding carboxylic acids is 1. The van der Waals surface area contributed by atoms with Crippen molar-refractivity contribution in [2.75, 3.05) is 6.61 Å². The van der Waals surface area contributed by atoms with Crippen LogP contribution in [0.3, 0.4) is 0 Å². The molecular weight excluding hydrogens is 232 g/mol. The van der Waals surface area contributed by atoms with Crippen molar-refractivity contribution in [1.29, 1.82) is 0 Å². The molecule has 18 heavy (non-hydrogen) atoms. The van der Waals surface area contributed by atoms with Gasteiger partial charge in [-0.15, -0.1) is 0 Å². The number of fused-ring (bicyclic) bond motifs is 1. The third-order valence-corrected chi connectivity index (χ3v) is 3.06. The summed E-state index contributed by atoms with van der Waals surface area (Å²) in [5.74, 6) is 0.0463. The fraction of sp³-hybridized carbons (Fsp3) is 0.308. The van der Waals surface area contributed by atoms with Gasteiger partial charge in [0.25, 0.3) is 0 Å². The molecule has 0 spiro atoms. The molecule has 0 aliphatic heterocycles. The Morgan fingerprint density at radius 2 is 2.33 bits per heavy atom. The second kappa shape index (κ2) is 4.25. The van der Waals surface area contributed by atoms with Crippen LogP contribution in [0.1, 0.15) is 40.5 Å². The molecule has 0 fully saturated rings. The first kappa shape index (κ1) is 11.0. The molecule has 1 heterocycles. The zero-order valence-electron chi connectivity index (χ0n) is 9.92. The summed E-state index contributed by atoms with van der Waals surface area (Å²) in [6, 6.07) is 8.12. The average Bonchev–Trinajstić information content (AvgIpc) is 2.80. The highest BCUT2D eigenvalue weighted by molar-refractivity contribution is 5.84. The molecule has 1 aromatic carbocycles. The molecule has 1 aliphatic carbocycles. The number of esters is 1. The molecule has 5 heteroatoms. The summed E-state index contributed by atoms with van der Waals surface area (Å²) in [6.45, 7) is 2.03. The number of ether oxygens (including phenoxy) is 1. The van der Waals surface area contributed by atoms with Crippen LogP contribution in [0.5, 0.6) is 0 Å². The molecule has 2 aromatic rings. The lowest BCUT2D eigenvalue weighted by atomic mass is 9.77. The molecule has 92 valence electrons. The van der Waals surface area contributed by atoms with E-state index in [0.717, 1.165) is 6.42 Å². The van der Waals surface area contributed by atoms with E-state index in [1.807, 2.05) is 18.2 Å². The molecule has 1 atom stereocenters. The Bertz CT molecular complexity index is 591. The van der Waals surface area contributed by atoms with Crippen LogP contribution in [0.4, 0.5) is 0 Å². The molecule has 1 aromatic heterocycles. The van der Waals surface area contributed by atoms with Crippen LogP contribution in [0, 0.1) is 0 Å². The van der Waals surface area contributed by atoms with Crippen molar-refractivity contribution in [3.05, 3.63) is 47.1 Å². The van der Waals surface area contributed by atoms with Crippen LogP contribution in [0.25, 0.3) is 0 Å². The quantitative estimate of drug-likeness (QED) is 0.772. The first-order chi connectivity index (χ1) is 8.79. The first-order valence-electron chi connectivity index (χ1n) is 5.88. The SMILES string of the molecule is CCOC(=O)c1nc(C2Cc3ccccc32)no1. The van der Waals surface area contributed by atoms with E-state index in [-0.39, 0.29) is 11.8 Å². The maximum atomic E-state index is 11.4. The summed E-state index contributed by atoms with van der Waals surface area (Å²) in [6.07, 6.45) is 0.887. The maximum absolute atomic E-state index is 11.4. The minimum Gasteiger partial charge on any atom is -0.459 e. The Hall–Kier alpha value is -2.17. The highest BCUT2D eigenvalue weighted by atomic mass is 16.6. The highest BCUT2D eigenvalue weighted by Gasteiger charge is 2.31. The van der Waals surface area contributed by atoms with E-state index in [0.29, 0.717) is 12.4 Å². The number of hydrogen-bond acceptors (Lipinski definition) is 5. The monoisotopic (exact) mass is 244 g/mol. The molecule has 0 radical (unpaired) electrons. The molecular formula is C13H12N2O3. The summed E-state index contributed by atoms with van der Waals surface area (Å²) >= 11 is 0. The number of rotatable bonds is 3. The Morgan fingerprint density at radius 3 is 3.11 bits per heavy atom. The summed E-state index contributed by atoms with van der Waals surface area (Å²) in [4.78, 5) is 15.5. The van der Waals surface area contributed by atoms with Crippen molar-refractivity contribution in [3.63, 3.8) is 0 Å². The van der Waals surface area contributed by atoms with E-state index in [1.165, 1.54) is 11.1 Å². The normalized spacial score (nSPS) is 16.8. The van der Waals surface area contributed by atoms with Gasteiger partial charge in [0.15, 0.2) is 5.82 Å². The largest absolute Gasteiger partial charge is 0.459 e. The van der Waals surface area contributed by atoms with Gasteiger partial charge in [0.05, 0.1) is 12.5 Å².